The summed E-state index contributed by atoms with van der Waals surface area (Å²) >= 11 is 5.93. The van der Waals surface area contributed by atoms with Gasteiger partial charge in [0, 0.05) is 17.3 Å². The van der Waals surface area contributed by atoms with Gasteiger partial charge in [0.15, 0.2) is 0 Å². The van der Waals surface area contributed by atoms with Gasteiger partial charge in [0.05, 0.1) is 23.4 Å². The van der Waals surface area contributed by atoms with Crippen molar-refractivity contribution in [1.82, 2.24) is 15.1 Å². The van der Waals surface area contributed by atoms with Crippen LogP contribution in [0.5, 0.6) is 0 Å². The number of nitrogens with one attached hydrogen (secondary N) is 1. The van der Waals surface area contributed by atoms with Crippen molar-refractivity contribution in [2.24, 2.45) is 5.92 Å². The molecule has 1 aliphatic rings. The summed E-state index contributed by atoms with van der Waals surface area (Å²) in [4.78, 5) is 22.8. The molecule has 0 atom stereocenters. The number of benzene rings is 1. The second-order valence-corrected chi connectivity index (χ2v) is 5.77. The third-order valence-corrected chi connectivity index (χ3v) is 3.98. The highest BCUT2D eigenvalue weighted by molar-refractivity contribution is 6.30. The Balaban J connectivity index is 1.64. The molecule has 114 valence electrons. The normalized spacial score (nSPS) is 20.2. The summed E-state index contributed by atoms with van der Waals surface area (Å²) in [6.07, 6.45) is 4.05. The zero-order valence-electron chi connectivity index (χ0n) is 11.6. The second-order valence-electron chi connectivity index (χ2n) is 5.33. The van der Waals surface area contributed by atoms with Crippen molar-refractivity contribution in [2.75, 3.05) is 0 Å². The third-order valence-electron chi connectivity index (χ3n) is 3.74. The molecule has 7 heteroatoms. The first-order chi connectivity index (χ1) is 10.5. The van der Waals surface area contributed by atoms with Crippen LogP contribution in [0.3, 0.4) is 0 Å². The Bertz CT molecular complexity index is 722. The molecule has 0 radical (unpaired) electrons. The maximum atomic E-state index is 12.1. The van der Waals surface area contributed by atoms with E-state index in [0.29, 0.717) is 23.4 Å². The predicted octanol–water partition coefficient (Wildman–Crippen LogP) is 2.12. The van der Waals surface area contributed by atoms with Gasteiger partial charge in [-0.3, -0.25) is 9.59 Å². The van der Waals surface area contributed by atoms with Crippen LogP contribution in [-0.4, -0.2) is 32.8 Å². The van der Waals surface area contributed by atoms with E-state index in [1.165, 1.54) is 6.20 Å². The fourth-order valence-electron chi connectivity index (χ4n) is 2.41. The number of halogens is 1. The first-order valence-electron chi connectivity index (χ1n) is 6.87. The van der Waals surface area contributed by atoms with E-state index in [2.05, 4.69) is 10.4 Å². The third kappa shape index (κ3) is 2.96. The summed E-state index contributed by atoms with van der Waals surface area (Å²) in [5.74, 6) is -1.40. The number of carbonyl (C=O) groups excluding carboxylic acids is 1. The van der Waals surface area contributed by atoms with Crippen molar-refractivity contribution in [3.63, 3.8) is 0 Å². The second kappa shape index (κ2) is 5.81. The van der Waals surface area contributed by atoms with Crippen LogP contribution < -0.4 is 5.32 Å². The minimum Gasteiger partial charge on any atom is -0.481 e. The molecule has 1 saturated carbocycles. The van der Waals surface area contributed by atoms with Crippen LogP contribution in [0, 0.1) is 5.92 Å². The summed E-state index contributed by atoms with van der Waals surface area (Å²) in [5.41, 5.74) is 1.19. The number of carbonyl (C=O) groups is 2. The van der Waals surface area contributed by atoms with E-state index in [0.717, 1.165) is 5.69 Å². The highest BCUT2D eigenvalue weighted by Gasteiger charge is 2.35. The fraction of sp³-hybridized carbons (Fsp3) is 0.267. The van der Waals surface area contributed by atoms with E-state index in [-0.39, 0.29) is 17.9 Å². The number of nitrogens with zero attached hydrogens (tertiary/aromatic N) is 2. The number of hydrogen-bond acceptors (Lipinski definition) is 3. The molecule has 1 amide bonds. The first-order valence-corrected chi connectivity index (χ1v) is 7.25. The quantitative estimate of drug-likeness (QED) is 0.904. The van der Waals surface area contributed by atoms with Gasteiger partial charge in [-0.2, -0.15) is 5.10 Å². The molecule has 0 unspecified atom stereocenters. The average Bonchev–Trinajstić information content (AvgIpc) is 2.91. The molecule has 1 heterocycles. The molecular weight excluding hydrogens is 306 g/mol. The Morgan fingerprint density at radius 3 is 2.82 bits per heavy atom. The topological polar surface area (TPSA) is 84.2 Å². The zero-order valence-corrected chi connectivity index (χ0v) is 12.3. The summed E-state index contributed by atoms with van der Waals surface area (Å²) < 4.78 is 1.57. The van der Waals surface area contributed by atoms with Crippen LogP contribution >= 0.6 is 11.6 Å². The molecule has 2 aromatic rings. The number of rotatable bonds is 4. The summed E-state index contributed by atoms with van der Waals surface area (Å²) in [6, 6.07) is 7.07. The Hall–Kier alpha value is -2.34. The van der Waals surface area contributed by atoms with Gasteiger partial charge in [-0.1, -0.05) is 17.7 Å². The lowest BCUT2D eigenvalue weighted by Crippen LogP contribution is -2.46. The molecule has 0 spiro atoms. The number of aromatic nitrogens is 2. The minimum absolute atomic E-state index is 0.0804. The molecule has 1 aliphatic carbocycles. The Kier molecular flexibility index (Phi) is 3.85. The molecule has 1 aromatic carbocycles. The van der Waals surface area contributed by atoms with Gasteiger partial charge in [-0.15, -0.1) is 0 Å². The highest BCUT2D eigenvalue weighted by atomic mass is 35.5. The van der Waals surface area contributed by atoms with E-state index in [9.17, 15) is 9.59 Å². The fourth-order valence-corrected chi connectivity index (χ4v) is 2.59. The van der Waals surface area contributed by atoms with Gasteiger partial charge in [-0.05, 0) is 31.0 Å². The number of amides is 1. The van der Waals surface area contributed by atoms with Crippen molar-refractivity contribution < 1.29 is 14.7 Å². The standard InChI is InChI=1S/C15H14ClN3O3/c16-11-2-1-3-13(6-11)19-8-10(7-17-19)14(20)18-12-4-9(5-12)15(21)22/h1-3,6-9,12H,4-5H2,(H,18,20)(H,21,22). The molecule has 2 N–H and O–H groups in total. The van der Waals surface area contributed by atoms with Gasteiger partial charge < -0.3 is 10.4 Å². The summed E-state index contributed by atoms with van der Waals surface area (Å²) in [6.45, 7) is 0. The van der Waals surface area contributed by atoms with Crippen LogP contribution in [0.15, 0.2) is 36.7 Å². The monoisotopic (exact) mass is 319 g/mol. The molecule has 0 saturated heterocycles. The molecular formula is C15H14ClN3O3. The Morgan fingerprint density at radius 1 is 1.36 bits per heavy atom. The predicted molar refractivity (Wildman–Crippen MR) is 80.2 cm³/mol. The highest BCUT2D eigenvalue weighted by Crippen LogP contribution is 2.27. The van der Waals surface area contributed by atoms with E-state index >= 15 is 0 Å². The Labute approximate surface area is 131 Å². The molecule has 3 rings (SSSR count). The number of carboxylic acids is 1. The van der Waals surface area contributed by atoms with Crippen molar-refractivity contribution in [3.8, 4) is 5.69 Å². The smallest absolute Gasteiger partial charge is 0.306 e. The molecule has 6 nitrogen and oxygen atoms in total. The number of hydrogen-bond donors (Lipinski definition) is 2. The van der Waals surface area contributed by atoms with E-state index in [4.69, 9.17) is 16.7 Å². The van der Waals surface area contributed by atoms with Gasteiger partial charge in [0.2, 0.25) is 0 Å². The largest absolute Gasteiger partial charge is 0.481 e. The molecule has 1 fully saturated rings. The maximum Gasteiger partial charge on any atom is 0.306 e. The van der Waals surface area contributed by atoms with E-state index in [1.54, 1.807) is 29.1 Å². The molecule has 0 aliphatic heterocycles. The summed E-state index contributed by atoms with van der Waals surface area (Å²) in [5, 5.41) is 16.4. The van der Waals surface area contributed by atoms with Crippen LogP contribution in [0.4, 0.5) is 0 Å². The lowest BCUT2D eigenvalue weighted by atomic mass is 9.80. The van der Waals surface area contributed by atoms with E-state index in [1.807, 2.05) is 6.07 Å². The average molecular weight is 320 g/mol. The number of carboxylic acid groups (broad SMARTS) is 1. The van der Waals surface area contributed by atoms with Crippen molar-refractivity contribution in [3.05, 3.63) is 47.2 Å². The summed E-state index contributed by atoms with van der Waals surface area (Å²) in [7, 11) is 0. The van der Waals surface area contributed by atoms with Gasteiger partial charge in [-0.25, -0.2) is 4.68 Å². The first kappa shape index (κ1) is 14.6. The molecule has 0 bridgehead atoms. The van der Waals surface area contributed by atoms with E-state index < -0.39 is 5.97 Å². The van der Waals surface area contributed by atoms with Crippen LogP contribution in [0.2, 0.25) is 5.02 Å². The molecule has 22 heavy (non-hydrogen) atoms. The van der Waals surface area contributed by atoms with Crippen molar-refractivity contribution in [2.45, 2.75) is 18.9 Å². The maximum absolute atomic E-state index is 12.1. The minimum atomic E-state index is -0.806. The van der Waals surface area contributed by atoms with Crippen LogP contribution in [0.1, 0.15) is 23.2 Å². The Morgan fingerprint density at radius 2 is 2.14 bits per heavy atom. The SMILES string of the molecule is O=C(NC1CC(C(=O)O)C1)c1cnn(-c2cccc(Cl)c2)c1. The van der Waals surface area contributed by atoms with Gasteiger partial charge in [0.25, 0.3) is 5.91 Å². The lowest BCUT2D eigenvalue weighted by molar-refractivity contribution is -0.145. The lowest BCUT2D eigenvalue weighted by Gasteiger charge is -2.32. The molecule has 1 aromatic heterocycles. The van der Waals surface area contributed by atoms with Crippen molar-refractivity contribution >= 4 is 23.5 Å². The van der Waals surface area contributed by atoms with Crippen LogP contribution in [0.25, 0.3) is 5.69 Å². The van der Waals surface area contributed by atoms with Crippen molar-refractivity contribution in [1.29, 1.82) is 0 Å². The van der Waals surface area contributed by atoms with Gasteiger partial charge in [0.1, 0.15) is 0 Å². The van der Waals surface area contributed by atoms with Gasteiger partial charge >= 0.3 is 5.97 Å². The number of aliphatic carboxylic acids is 1. The zero-order chi connectivity index (χ0) is 15.7. The van der Waals surface area contributed by atoms with Crippen LogP contribution in [-0.2, 0) is 4.79 Å².